The Balaban J connectivity index is 0.839. The molecule has 0 unspecified atom stereocenters. The van der Waals surface area contributed by atoms with Gasteiger partial charge in [0.15, 0.2) is 0 Å². The first-order valence-electron chi connectivity index (χ1n) is 18.3. The number of piperidine rings is 1. The van der Waals surface area contributed by atoms with Crippen LogP contribution < -0.4 is 19.4 Å². The summed E-state index contributed by atoms with van der Waals surface area (Å²) in [7, 11) is 1.78. The van der Waals surface area contributed by atoms with Crippen molar-refractivity contribution in [2.45, 2.75) is 44.6 Å². The molecular weight excluding hydrogens is 640 g/mol. The van der Waals surface area contributed by atoms with Gasteiger partial charge in [0, 0.05) is 64.4 Å². The fourth-order valence-electron chi connectivity index (χ4n) is 7.05. The van der Waals surface area contributed by atoms with E-state index < -0.39 is 5.97 Å². The minimum atomic E-state index is -0.488. The standard InChI is InChI=1S/C41H48N6O4/c1-49-31-7-3-2-6-24-44-25-22-38(23-26-44)50-37-20-18-36(19-21-37)46-29-27-45(28-30-46)35-16-14-33(15-17-35)32-10-12-34(13-11-32)41(48)51-47-40-9-5-4-8-39(40)42-43-47/h4-5,8-21,38H,2-3,6-7,22-31H2,1H3. The number of anilines is 2. The molecule has 0 bridgehead atoms. The number of fused-ring (bicyclic) bond motifs is 1. The Morgan fingerprint density at radius 2 is 1.31 bits per heavy atom. The van der Waals surface area contributed by atoms with Gasteiger partial charge in [-0.1, -0.05) is 54.1 Å². The maximum atomic E-state index is 12.8. The van der Waals surface area contributed by atoms with E-state index in [0.717, 1.165) is 80.4 Å². The number of rotatable bonds is 14. The van der Waals surface area contributed by atoms with Crippen molar-refractivity contribution >= 4 is 28.4 Å². The van der Waals surface area contributed by atoms with E-state index >= 15 is 0 Å². The van der Waals surface area contributed by atoms with Crippen LogP contribution in [0, 0.1) is 0 Å². The van der Waals surface area contributed by atoms with Crippen LogP contribution in [-0.4, -0.2) is 91.7 Å². The summed E-state index contributed by atoms with van der Waals surface area (Å²) < 4.78 is 11.5. The van der Waals surface area contributed by atoms with Crippen molar-refractivity contribution < 1.29 is 19.1 Å². The molecule has 0 radical (unpaired) electrons. The zero-order valence-corrected chi connectivity index (χ0v) is 29.5. The van der Waals surface area contributed by atoms with Crippen LogP contribution in [0.5, 0.6) is 5.75 Å². The number of carbonyl (C=O) groups is 1. The molecule has 2 aliphatic heterocycles. The number of piperazine rings is 1. The van der Waals surface area contributed by atoms with E-state index in [2.05, 4.69) is 73.5 Å². The lowest BCUT2D eigenvalue weighted by atomic mass is 10.0. The molecule has 51 heavy (non-hydrogen) atoms. The van der Waals surface area contributed by atoms with E-state index in [1.165, 1.54) is 43.6 Å². The minimum absolute atomic E-state index is 0.305. The molecule has 3 heterocycles. The second-order valence-corrected chi connectivity index (χ2v) is 13.5. The van der Waals surface area contributed by atoms with Gasteiger partial charge in [-0.2, -0.15) is 0 Å². The fourth-order valence-corrected chi connectivity index (χ4v) is 7.05. The van der Waals surface area contributed by atoms with Crippen LogP contribution in [0.2, 0.25) is 0 Å². The smallest absolute Gasteiger partial charge is 0.365 e. The van der Waals surface area contributed by atoms with E-state index in [4.69, 9.17) is 14.3 Å². The molecule has 0 N–H and O–H groups in total. The van der Waals surface area contributed by atoms with E-state index in [1.807, 2.05) is 36.4 Å². The molecule has 0 atom stereocenters. The predicted molar refractivity (Wildman–Crippen MR) is 202 cm³/mol. The highest BCUT2D eigenvalue weighted by atomic mass is 16.7. The molecule has 4 aromatic carbocycles. The average Bonchev–Trinajstić information content (AvgIpc) is 3.60. The summed E-state index contributed by atoms with van der Waals surface area (Å²) in [6.07, 6.45) is 7.50. The quantitative estimate of drug-likeness (QED) is 0.0930. The first-order chi connectivity index (χ1) is 25.1. The minimum Gasteiger partial charge on any atom is -0.490 e. The molecule has 2 fully saturated rings. The summed E-state index contributed by atoms with van der Waals surface area (Å²) in [5, 5.41) is 7.97. The molecule has 2 saturated heterocycles. The Bertz CT molecular complexity index is 1830. The average molecular weight is 689 g/mol. The third-order valence-electron chi connectivity index (χ3n) is 10.1. The zero-order chi connectivity index (χ0) is 34.8. The van der Waals surface area contributed by atoms with E-state index in [9.17, 15) is 4.79 Å². The molecule has 2 aliphatic rings. The Hall–Kier alpha value is -4.93. The van der Waals surface area contributed by atoms with Crippen LogP contribution in [0.15, 0.2) is 97.1 Å². The number of hydrogen-bond donors (Lipinski definition) is 0. The summed E-state index contributed by atoms with van der Waals surface area (Å²) in [6.45, 7) is 8.19. The van der Waals surface area contributed by atoms with Gasteiger partial charge in [0.05, 0.1) is 5.56 Å². The van der Waals surface area contributed by atoms with Crippen molar-refractivity contribution in [3.63, 3.8) is 0 Å². The number of nitrogens with zero attached hydrogens (tertiary/aromatic N) is 6. The highest BCUT2D eigenvalue weighted by molar-refractivity contribution is 5.90. The number of likely N-dealkylation sites (tertiary alicyclic amines) is 1. The lowest BCUT2D eigenvalue weighted by molar-refractivity contribution is 0.0409. The molecule has 266 valence electrons. The summed E-state index contributed by atoms with van der Waals surface area (Å²) in [5.41, 5.74) is 6.35. The van der Waals surface area contributed by atoms with Crippen LogP contribution in [0.3, 0.4) is 0 Å². The highest BCUT2D eigenvalue weighted by Gasteiger charge is 2.21. The number of methoxy groups -OCH3 is 1. The second-order valence-electron chi connectivity index (χ2n) is 13.5. The lowest BCUT2D eigenvalue weighted by Crippen LogP contribution is -2.46. The molecule has 0 aliphatic carbocycles. The number of para-hydroxylation sites is 1. The van der Waals surface area contributed by atoms with Crippen molar-refractivity contribution in [1.29, 1.82) is 0 Å². The van der Waals surface area contributed by atoms with Gasteiger partial charge in [-0.25, -0.2) is 4.79 Å². The number of ether oxygens (including phenoxy) is 2. The van der Waals surface area contributed by atoms with Crippen LogP contribution in [0.1, 0.15) is 48.9 Å². The van der Waals surface area contributed by atoms with Gasteiger partial charge in [-0.15, -0.1) is 5.10 Å². The third-order valence-corrected chi connectivity index (χ3v) is 10.1. The summed E-state index contributed by atoms with van der Waals surface area (Å²) in [4.78, 5) is 26.9. The molecule has 0 saturated carbocycles. The Morgan fingerprint density at radius 3 is 1.98 bits per heavy atom. The summed E-state index contributed by atoms with van der Waals surface area (Å²) in [5.74, 6) is 0.488. The third kappa shape index (κ3) is 8.87. The monoisotopic (exact) mass is 688 g/mol. The normalized spacial score (nSPS) is 15.7. The van der Waals surface area contributed by atoms with Gasteiger partial charge >= 0.3 is 5.97 Å². The lowest BCUT2D eigenvalue weighted by Gasteiger charge is -2.37. The van der Waals surface area contributed by atoms with Gasteiger partial charge in [-0.3, -0.25) is 0 Å². The van der Waals surface area contributed by atoms with Gasteiger partial charge in [0.25, 0.3) is 0 Å². The Morgan fingerprint density at radius 1 is 0.706 bits per heavy atom. The fraction of sp³-hybridized carbons (Fsp3) is 0.390. The van der Waals surface area contributed by atoms with Crippen LogP contribution in [0.4, 0.5) is 11.4 Å². The van der Waals surface area contributed by atoms with Gasteiger partial charge < -0.3 is 29.0 Å². The van der Waals surface area contributed by atoms with Gasteiger partial charge in [0.2, 0.25) is 0 Å². The predicted octanol–water partition coefficient (Wildman–Crippen LogP) is 6.74. The molecule has 0 spiro atoms. The van der Waals surface area contributed by atoms with Crippen LogP contribution >= 0.6 is 0 Å². The maximum Gasteiger partial charge on any atom is 0.365 e. The topological polar surface area (TPSA) is 85.2 Å². The molecule has 5 aromatic rings. The van der Waals surface area contributed by atoms with Crippen molar-refractivity contribution in [3.05, 3.63) is 103 Å². The van der Waals surface area contributed by atoms with Crippen LogP contribution in [0.25, 0.3) is 22.2 Å². The molecular formula is C41H48N6O4. The number of hydrogen-bond acceptors (Lipinski definition) is 9. The molecule has 7 rings (SSSR count). The van der Waals surface area contributed by atoms with E-state index in [-0.39, 0.29) is 0 Å². The number of benzene rings is 4. The van der Waals surface area contributed by atoms with Crippen molar-refractivity contribution in [2.24, 2.45) is 0 Å². The molecule has 0 amide bonds. The van der Waals surface area contributed by atoms with E-state index in [1.54, 1.807) is 19.2 Å². The largest absolute Gasteiger partial charge is 0.490 e. The van der Waals surface area contributed by atoms with Crippen LogP contribution in [-0.2, 0) is 4.74 Å². The van der Waals surface area contributed by atoms with E-state index in [0.29, 0.717) is 22.7 Å². The summed E-state index contributed by atoms with van der Waals surface area (Å²) in [6, 6.07) is 32.1. The number of unbranched alkanes of at least 4 members (excludes halogenated alkanes) is 3. The maximum absolute atomic E-state index is 12.8. The van der Waals surface area contributed by atoms with Crippen molar-refractivity contribution in [1.82, 2.24) is 20.1 Å². The number of carbonyl (C=O) groups excluding carboxylic acids is 1. The molecule has 10 heteroatoms. The first-order valence-corrected chi connectivity index (χ1v) is 18.3. The van der Waals surface area contributed by atoms with Crippen molar-refractivity contribution in [3.8, 4) is 16.9 Å². The molecule has 1 aromatic heterocycles. The summed E-state index contributed by atoms with van der Waals surface area (Å²) >= 11 is 0. The molecule has 10 nitrogen and oxygen atoms in total. The highest BCUT2D eigenvalue weighted by Crippen LogP contribution is 2.27. The Labute approximate surface area is 300 Å². The number of aromatic nitrogens is 3. The zero-order valence-electron chi connectivity index (χ0n) is 29.5. The SMILES string of the molecule is COCCCCCCN1CCC(Oc2ccc(N3CCN(c4ccc(-c5ccc(C(=O)On6nnc7ccccc76)cc5)cc4)CC3)cc2)CC1. The van der Waals surface area contributed by atoms with Gasteiger partial charge in [-0.05, 0) is 109 Å². The first kappa shape index (κ1) is 34.5. The second kappa shape index (κ2) is 16.9. The Kier molecular flexibility index (Phi) is 11.4. The van der Waals surface area contributed by atoms with Crippen molar-refractivity contribution in [2.75, 3.05) is 69.3 Å². The van der Waals surface area contributed by atoms with Gasteiger partial charge in [0.1, 0.15) is 22.9 Å².